The summed E-state index contributed by atoms with van der Waals surface area (Å²) in [6, 6.07) is 27.8. The molecular weight excluding hydrogens is 425 g/mol. The van der Waals surface area contributed by atoms with E-state index in [0.717, 1.165) is 26.9 Å². The van der Waals surface area contributed by atoms with E-state index in [1.807, 2.05) is 91.9 Å². The van der Waals surface area contributed by atoms with Crippen molar-refractivity contribution in [3.63, 3.8) is 0 Å². The fourth-order valence-corrected chi connectivity index (χ4v) is 7.13. The van der Waals surface area contributed by atoms with Crippen LogP contribution in [0.3, 0.4) is 0 Å². The number of nitrogens with one attached hydrogen (secondary N) is 1. The van der Waals surface area contributed by atoms with Gasteiger partial charge < -0.3 is 4.79 Å². The second kappa shape index (κ2) is 7.98. The van der Waals surface area contributed by atoms with Crippen LogP contribution in [0.4, 0.5) is 0 Å². The van der Waals surface area contributed by atoms with Crippen LogP contribution in [0, 0.1) is 0 Å². The van der Waals surface area contributed by atoms with Gasteiger partial charge in [-0.05, 0) is 24.6 Å². The lowest BCUT2D eigenvalue weighted by Crippen LogP contribution is -2.43. The third-order valence-corrected chi connectivity index (χ3v) is 9.15. The van der Waals surface area contributed by atoms with Crippen LogP contribution in [0.25, 0.3) is 0 Å². The maximum absolute atomic E-state index is 12.2. The van der Waals surface area contributed by atoms with Crippen LogP contribution >= 0.6 is 22.1 Å². The van der Waals surface area contributed by atoms with Crippen molar-refractivity contribution in [1.82, 2.24) is 5.09 Å². The summed E-state index contributed by atoms with van der Waals surface area (Å²) in [7, 11) is 0. The van der Waals surface area contributed by atoms with Crippen molar-refractivity contribution >= 4 is 50.8 Å². The first kappa shape index (κ1) is 19.2. The SMILES string of the molecule is C[C@](C=O)(NP(=S)(c1ccccc1)c1ccccc1)c1cccc(Br)c1. The van der Waals surface area contributed by atoms with E-state index in [4.69, 9.17) is 11.8 Å². The fraction of sp³-hybridized carbons (Fsp3) is 0.0952. The Bertz CT molecular complexity index is 905. The number of hydrogen-bond acceptors (Lipinski definition) is 2. The first-order chi connectivity index (χ1) is 12.5. The van der Waals surface area contributed by atoms with Gasteiger partial charge in [-0.3, -0.25) is 5.09 Å². The summed E-state index contributed by atoms with van der Waals surface area (Å²) < 4.78 is 0.928. The Morgan fingerprint density at radius 1 is 0.923 bits per heavy atom. The Labute approximate surface area is 167 Å². The van der Waals surface area contributed by atoms with Crippen LogP contribution in [-0.4, -0.2) is 6.29 Å². The highest BCUT2D eigenvalue weighted by atomic mass is 79.9. The second-order valence-corrected chi connectivity index (χ2v) is 11.3. The minimum Gasteiger partial charge on any atom is -0.301 e. The van der Waals surface area contributed by atoms with Gasteiger partial charge in [0.05, 0.1) is 6.19 Å². The Morgan fingerprint density at radius 3 is 1.92 bits per heavy atom. The Hall–Kier alpha value is -1.58. The maximum atomic E-state index is 12.2. The normalized spacial score (nSPS) is 13.8. The molecule has 0 fully saturated rings. The molecular formula is C21H19BrNOPS. The zero-order chi connectivity index (χ0) is 18.6. The van der Waals surface area contributed by atoms with Gasteiger partial charge in [-0.15, -0.1) is 0 Å². The van der Waals surface area contributed by atoms with Gasteiger partial charge in [0.15, 0.2) is 0 Å². The van der Waals surface area contributed by atoms with Crippen LogP contribution in [-0.2, 0) is 22.1 Å². The van der Waals surface area contributed by atoms with E-state index in [1.54, 1.807) is 0 Å². The van der Waals surface area contributed by atoms with Gasteiger partial charge in [0, 0.05) is 15.1 Å². The lowest BCUT2D eigenvalue weighted by Gasteiger charge is -2.34. The highest BCUT2D eigenvalue weighted by molar-refractivity contribution is 9.10. The van der Waals surface area contributed by atoms with E-state index >= 15 is 0 Å². The Morgan fingerprint density at radius 2 is 1.46 bits per heavy atom. The number of hydrogen-bond donors (Lipinski definition) is 1. The number of halogens is 1. The molecule has 26 heavy (non-hydrogen) atoms. The molecule has 5 heteroatoms. The van der Waals surface area contributed by atoms with Gasteiger partial charge in [0.25, 0.3) is 0 Å². The summed E-state index contributed by atoms with van der Waals surface area (Å²) in [5.41, 5.74) is -0.0201. The maximum Gasteiger partial charge on any atom is 0.144 e. The summed E-state index contributed by atoms with van der Waals surface area (Å²) in [6.07, 6.45) is -1.46. The molecule has 0 amide bonds. The van der Waals surface area contributed by atoms with Gasteiger partial charge >= 0.3 is 0 Å². The van der Waals surface area contributed by atoms with Crippen molar-refractivity contribution in [2.45, 2.75) is 12.5 Å². The molecule has 0 heterocycles. The van der Waals surface area contributed by atoms with E-state index in [1.165, 1.54) is 0 Å². The lowest BCUT2D eigenvalue weighted by atomic mass is 9.95. The average molecular weight is 444 g/mol. The third-order valence-electron chi connectivity index (χ3n) is 4.29. The number of rotatable bonds is 6. The van der Waals surface area contributed by atoms with Crippen molar-refractivity contribution in [2.24, 2.45) is 0 Å². The monoisotopic (exact) mass is 443 g/mol. The van der Waals surface area contributed by atoms with E-state index in [-0.39, 0.29) is 0 Å². The van der Waals surface area contributed by atoms with Gasteiger partial charge in [-0.2, -0.15) is 0 Å². The summed E-state index contributed by atoms with van der Waals surface area (Å²) in [6.45, 7) is 1.88. The molecule has 1 N–H and O–H groups in total. The minimum absolute atomic E-state index is 0.878. The summed E-state index contributed by atoms with van der Waals surface area (Å²) >= 11 is 9.70. The summed E-state index contributed by atoms with van der Waals surface area (Å²) in [5, 5.41) is 5.63. The standard InChI is InChI=1S/C21H19BrNOPS/c1-21(16-24,17-9-8-10-18(22)15-17)23-25(26,19-11-4-2-5-12-19)20-13-6-3-7-14-20/h2-16H,1H3,(H,23,26)/t21-/m1/s1. The number of carbonyl (C=O) groups excluding carboxylic acids is 1. The predicted octanol–water partition coefficient (Wildman–Crippen LogP) is 4.50. The average Bonchev–Trinajstić information content (AvgIpc) is 2.69. The number of benzene rings is 3. The number of aldehydes is 1. The molecule has 2 nitrogen and oxygen atoms in total. The molecule has 0 unspecified atom stereocenters. The van der Waals surface area contributed by atoms with Crippen molar-refractivity contribution < 1.29 is 4.79 Å². The molecule has 1 atom stereocenters. The number of carbonyl (C=O) groups is 1. The van der Waals surface area contributed by atoms with Crippen LogP contribution in [0.15, 0.2) is 89.4 Å². The Balaban J connectivity index is 2.14. The third kappa shape index (κ3) is 3.89. The topological polar surface area (TPSA) is 29.1 Å². The van der Waals surface area contributed by atoms with Gasteiger partial charge in [0.2, 0.25) is 0 Å². The summed E-state index contributed by atoms with van der Waals surface area (Å²) in [5.74, 6) is 0. The predicted molar refractivity (Wildman–Crippen MR) is 117 cm³/mol. The van der Waals surface area contributed by atoms with Crippen molar-refractivity contribution in [2.75, 3.05) is 0 Å². The van der Waals surface area contributed by atoms with E-state index in [0.29, 0.717) is 0 Å². The molecule has 0 aliphatic rings. The van der Waals surface area contributed by atoms with Crippen LogP contribution in [0.5, 0.6) is 0 Å². The van der Waals surface area contributed by atoms with Gasteiger partial charge in [0.1, 0.15) is 11.8 Å². The van der Waals surface area contributed by atoms with E-state index in [2.05, 4.69) is 21.0 Å². The zero-order valence-corrected chi connectivity index (χ0v) is 17.6. The first-order valence-corrected chi connectivity index (χ1v) is 11.8. The van der Waals surface area contributed by atoms with E-state index in [9.17, 15) is 4.79 Å². The van der Waals surface area contributed by atoms with Gasteiger partial charge in [-0.25, -0.2) is 0 Å². The quantitative estimate of drug-likeness (QED) is 0.449. The van der Waals surface area contributed by atoms with Crippen LogP contribution < -0.4 is 15.7 Å². The molecule has 0 saturated heterocycles. The minimum atomic E-state index is -2.41. The fourth-order valence-electron chi connectivity index (χ4n) is 2.85. The first-order valence-electron chi connectivity index (χ1n) is 8.21. The highest BCUT2D eigenvalue weighted by Gasteiger charge is 2.34. The second-order valence-electron chi connectivity index (χ2n) is 6.22. The largest absolute Gasteiger partial charge is 0.301 e. The molecule has 0 aliphatic heterocycles. The molecule has 0 saturated carbocycles. The van der Waals surface area contributed by atoms with Crippen molar-refractivity contribution in [3.05, 3.63) is 95.0 Å². The lowest BCUT2D eigenvalue weighted by molar-refractivity contribution is -0.112. The van der Waals surface area contributed by atoms with Crippen molar-refractivity contribution in [3.8, 4) is 0 Å². The summed E-state index contributed by atoms with van der Waals surface area (Å²) in [4.78, 5) is 12.2. The van der Waals surface area contributed by atoms with E-state index < -0.39 is 11.7 Å². The molecule has 0 radical (unpaired) electrons. The molecule has 0 aliphatic carbocycles. The molecule has 132 valence electrons. The molecule has 3 aromatic carbocycles. The van der Waals surface area contributed by atoms with Gasteiger partial charge in [-0.1, -0.05) is 101 Å². The molecule has 0 bridgehead atoms. The smallest absolute Gasteiger partial charge is 0.144 e. The van der Waals surface area contributed by atoms with Crippen LogP contribution in [0.2, 0.25) is 0 Å². The van der Waals surface area contributed by atoms with Crippen molar-refractivity contribution in [1.29, 1.82) is 0 Å². The molecule has 0 aromatic heterocycles. The molecule has 3 aromatic rings. The van der Waals surface area contributed by atoms with Crippen LogP contribution in [0.1, 0.15) is 12.5 Å². The Kier molecular flexibility index (Phi) is 5.89. The highest BCUT2D eigenvalue weighted by Crippen LogP contribution is 2.43. The molecule has 0 spiro atoms. The zero-order valence-electron chi connectivity index (χ0n) is 14.3. The molecule has 3 rings (SSSR count).